The number of hydrogen-bond acceptors (Lipinski definition) is 5. The molecule has 2 aromatic rings. The van der Waals surface area contributed by atoms with Crippen molar-refractivity contribution in [2.24, 2.45) is 0 Å². The first-order valence-electron chi connectivity index (χ1n) is 5.83. The molecule has 0 aliphatic carbocycles. The van der Waals surface area contributed by atoms with Crippen molar-refractivity contribution in [3.8, 4) is 5.75 Å². The predicted molar refractivity (Wildman–Crippen MR) is 82.2 cm³/mol. The van der Waals surface area contributed by atoms with E-state index in [1.807, 2.05) is 6.07 Å². The molecule has 0 fully saturated rings. The van der Waals surface area contributed by atoms with Crippen molar-refractivity contribution in [1.82, 2.24) is 10.2 Å². The van der Waals surface area contributed by atoms with Gasteiger partial charge in [0.15, 0.2) is 5.01 Å². The number of halogens is 2. The molecule has 4 nitrogen and oxygen atoms in total. The van der Waals surface area contributed by atoms with E-state index in [4.69, 9.17) is 16.3 Å². The summed E-state index contributed by atoms with van der Waals surface area (Å²) in [6.45, 7) is 3.40. The van der Waals surface area contributed by atoms with Crippen molar-refractivity contribution in [3.05, 3.63) is 32.7 Å². The van der Waals surface area contributed by atoms with Gasteiger partial charge in [0.1, 0.15) is 12.4 Å². The number of benzene rings is 1. The summed E-state index contributed by atoms with van der Waals surface area (Å²) >= 11 is 10.8. The zero-order valence-electron chi connectivity index (χ0n) is 10.3. The Kier molecular flexibility index (Phi) is 5.42. The van der Waals surface area contributed by atoms with E-state index < -0.39 is 0 Å². The van der Waals surface area contributed by atoms with E-state index in [0.717, 1.165) is 33.3 Å². The molecule has 1 aromatic heterocycles. The summed E-state index contributed by atoms with van der Waals surface area (Å²) < 4.78 is 6.50. The third-order valence-corrected chi connectivity index (χ3v) is 3.95. The van der Waals surface area contributed by atoms with Gasteiger partial charge in [0.25, 0.3) is 0 Å². The van der Waals surface area contributed by atoms with E-state index in [9.17, 15) is 0 Å². The van der Waals surface area contributed by atoms with E-state index in [1.165, 1.54) is 11.3 Å². The minimum atomic E-state index is 0.395. The minimum Gasteiger partial charge on any atom is -0.485 e. The third kappa shape index (κ3) is 4.33. The quantitative estimate of drug-likeness (QED) is 0.829. The van der Waals surface area contributed by atoms with E-state index in [0.29, 0.717) is 11.6 Å². The molecule has 102 valence electrons. The average Bonchev–Trinajstić information content (AvgIpc) is 2.83. The fourth-order valence-corrected chi connectivity index (χ4v) is 2.82. The predicted octanol–water partition coefficient (Wildman–Crippen LogP) is 4.35. The van der Waals surface area contributed by atoms with Crippen LogP contribution < -0.4 is 10.1 Å². The number of aromatic nitrogens is 2. The Bertz CT molecular complexity index is 550. The fourth-order valence-electron chi connectivity index (χ4n) is 1.35. The van der Waals surface area contributed by atoms with Gasteiger partial charge in [-0.25, -0.2) is 0 Å². The van der Waals surface area contributed by atoms with Crippen LogP contribution in [0.25, 0.3) is 0 Å². The Labute approximate surface area is 129 Å². The number of rotatable bonds is 6. The minimum absolute atomic E-state index is 0.395. The van der Waals surface area contributed by atoms with Crippen molar-refractivity contribution in [3.63, 3.8) is 0 Å². The standard InChI is InChI=1S/C12H13BrClN3OS/c1-2-5-15-12-17-16-11(19-12)7-18-10-4-3-8(14)6-9(10)13/h3-4,6H,2,5,7H2,1H3,(H,15,17). The van der Waals surface area contributed by atoms with Gasteiger partial charge in [-0.2, -0.15) is 0 Å². The molecule has 7 heteroatoms. The fraction of sp³-hybridized carbons (Fsp3) is 0.333. The summed E-state index contributed by atoms with van der Waals surface area (Å²) in [6.07, 6.45) is 1.06. The number of anilines is 1. The molecule has 0 bridgehead atoms. The van der Waals surface area contributed by atoms with Crippen LogP contribution in [0.15, 0.2) is 22.7 Å². The molecular weight excluding hydrogens is 350 g/mol. The van der Waals surface area contributed by atoms with Gasteiger partial charge in [-0.1, -0.05) is 29.9 Å². The number of nitrogens with zero attached hydrogens (tertiary/aromatic N) is 2. The summed E-state index contributed by atoms with van der Waals surface area (Å²) in [5, 5.41) is 13.6. The van der Waals surface area contributed by atoms with Crippen LogP contribution in [0.3, 0.4) is 0 Å². The van der Waals surface area contributed by atoms with Crippen LogP contribution in [0.1, 0.15) is 18.4 Å². The van der Waals surface area contributed by atoms with E-state index in [2.05, 4.69) is 38.4 Å². The van der Waals surface area contributed by atoms with Crippen LogP contribution in [0.5, 0.6) is 5.75 Å². The SMILES string of the molecule is CCCNc1nnc(COc2ccc(Cl)cc2Br)s1. The molecule has 19 heavy (non-hydrogen) atoms. The highest BCUT2D eigenvalue weighted by molar-refractivity contribution is 9.10. The van der Waals surface area contributed by atoms with Gasteiger partial charge in [0.05, 0.1) is 4.47 Å². The van der Waals surface area contributed by atoms with Crippen LogP contribution >= 0.6 is 38.9 Å². The molecule has 0 radical (unpaired) electrons. The van der Waals surface area contributed by atoms with Crippen LogP contribution in [0, 0.1) is 0 Å². The number of hydrogen-bond donors (Lipinski definition) is 1. The molecule has 2 rings (SSSR count). The summed E-state index contributed by atoms with van der Waals surface area (Å²) in [7, 11) is 0. The average molecular weight is 363 g/mol. The highest BCUT2D eigenvalue weighted by Gasteiger charge is 2.06. The molecule has 1 heterocycles. The molecule has 0 unspecified atom stereocenters. The molecule has 0 atom stereocenters. The van der Waals surface area contributed by atoms with Crippen molar-refractivity contribution in [1.29, 1.82) is 0 Å². The second kappa shape index (κ2) is 7.07. The first kappa shape index (κ1) is 14.6. The monoisotopic (exact) mass is 361 g/mol. The van der Waals surface area contributed by atoms with Crippen molar-refractivity contribution >= 4 is 44.0 Å². The first-order valence-corrected chi connectivity index (χ1v) is 7.82. The van der Waals surface area contributed by atoms with E-state index in [1.54, 1.807) is 12.1 Å². The second-order valence-corrected chi connectivity index (χ2v) is 6.14. The van der Waals surface area contributed by atoms with Gasteiger partial charge in [0.2, 0.25) is 5.13 Å². The summed E-state index contributed by atoms with van der Waals surface area (Å²) in [6, 6.07) is 5.41. The lowest BCUT2D eigenvalue weighted by atomic mass is 10.3. The first-order chi connectivity index (χ1) is 9.19. The lowest BCUT2D eigenvalue weighted by Crippen LogP contribution is -1.98. The Hall–Kier alpha value is -0.850. The maximum Gasteiger partial charge on any atom is 0.205 e. The summed E-state index contributed by atoms with van der Waals surface area (Å²) in [5.74, 6) is 0.739. The van der Waals surface area contributed by atoms with E-state index in [-0.39, 0.29) is 0 Å². The number of ether oxygens (including phenoxy) is 1. The summed E-state index contributed by atoms with van der Waals surface area (Å²) in [4.78, 5) is 0. The summed E-state index contributed by atoms with van der Waals surface area (Å²) in [5.41, 5.74) is 0. The molecule has 0 aliphatic rings. The van der Waals surface area contributed by atoms with Gasteiger partial charge >= 0.3 is 0 Å². The molecule has 1 aromatic carbocycles. The maximum atomic E-state index is 5.87. The molecule has 1 N–H and O–H groups in total. The van der Waals surface area contributed by atoms with Crippen molar-refractivity contribution in [2.75, 3.05) is 11.9 Å². The van der Waals surface area contributed by atoms with Crippen molar-refractivity contribution < 1.29 is 4.74 Å². The molecule has 0 spiro atoms. The van der Waals surface area contributed by atoms with Crippen LogP contribution in [0.2, 0.25) is 5.02 Å². The Balaban J connectivity index is 1.92. The highest BCUT2D eigenvalue weighted by atomic mass is 79.9. The largest absolute Gasteiger partial charge is 0.485 e. The Morgan fingerprint density at radius 1 is 1.42 bits per heavy atom. The van der Waals surface area contributed by atoms with Gasteiger partial charge in [-0.15, -0.1) is 10.2 Å². The van der Waals surface area contributed by atoms with Crippen molar-refractivity contribution in [2.45, 2.75) is 20.0 Å². The smallest absolute Gasteiger partial charge is 0.205 e. The number of nitrogens with one attached hydrogen (secondary N) is 1. The Morgan fingerprint density at radius 2 is 2.26 bits per heavy atom. The normalized spacial score (nSPS) is 10.5. The van der Waals surface area contributed by atoms with Gasteiger partial charge in [0, 0.05) is 11.6 Å². The van der Waals surface area contributed by atoms with Crippen LogP contribution in [0.4, 0.5) is 5.13 Å². The van der Waals surface area contributed by atoms with Gasteiger partial charge in [-0.05, 0) is 40.5 Å². The lowest BCUT2D eigenvalue weighted by Gasteiger charge is -2.06. The van der Waals surface area contributed by atoms with Gasteiger partial charge < -0.3 is 10.1 Å². The molecule has 0 amide bonds. The highest BCUT2D eigenvalue weighted by Crippen LogP contribution is 2.29. The van der Waals surface area contributed by atoms with Gasteiger partial charge in [-0.3, -0.25) is 0 Å². The van der Waals surface area contributed by atoms with Crippen LogP contribution in [-0.2, 0) is 6.61 Å². The zero-order valence-corrected chi connectivity index (χ0v) is 13.5. The molecular formula is C12H13BrClN3OS. The Morgan fingerprint density at radius 3 is 3.00 bits per heavy atom. The zero-order chi connectivity index (χ0) is 13.7. The lowest BCUT2D eigenvalue weighted by molar-refractivity contribution is 0.302. The second-order valence-electron chi connectivity index (χ2n) is 3.79. The molecule has 0 saturated carbocycles. The topological polar surface area (TPSA) is 47.0 Å². The van der Waals surface area contributed by atoms with E-state index >= 15 is 0 Å². The molecule has 0 saturated heterocycles. The van der Waals surface area contributed by atoms with Crippen LogP contribution in [-0.4, -0.2) is 16.7 Å². The maximum absolute atomic E-state index is 5.87. The third-order valence-electron chi connectivity index (χ3n) is 2.24. The molecule has 0 aliphatic heterocycles.